The molecule has 1 rings (SSSR count). The summed E-state index contributed by atoms with van der Waals surface area (Å²) in [4.78, 5) is 7.75. The fraction of sp³-hybridized carbons (Fsp3) is 0.444. The zero-order chi connectivity index (χ0) is 10.1. The average molecular weight is 195 g/mol. The Bertz CT molecular complexity index is 279. The van der Waals surface area contributed by atoms with Crippen LogP contribution in [-0.4, -0.2) is 23.1 Å². The van der Waals surface area contributed by atoms with Crippen molar-refractivity contribution in [2.45, 2.75) is 24.9 Å². The number of aliphatic hydroxyl groups is 1. The molecule has 71 valence electrons. The molecule has 0 bridgehead atoms. The van der Waals surface area contributed by atoms with Gasteiger partial charge in [-0.1, -0.05) is 19.6 Å². The Morgan fingerprint density at radius 2 is 1.77 bits per heavy atom. The minimum Gasteiger partial charge on any atom is -0.389 e. The van der Waals surface area contributed by atoms with Crippen molar-refractivity contribution in [2.75, 3.05) is 0 Å². The Balaban J connectivity index is 3.08. The first kappa shape index (κ1) is 10.3. The third kappa shape index (κ3) is 1.95. The molecular weight excluding hydrogens is 180 g/mol. The first-order chi connectivity index (χ1) is 5.86. The number of hydrogen-bond donors (Lipinski definition) is 1. The van der Waals surface area contributed by atoms with Gasteiger partial charge >= 0.3 is 0 Å². The van der Waals surface area contributed by atoms with Crippen molar-refractivity contribution in [3.63, 3.8) is 0 Å². The van der Waals surface area contributed by atoms with Crippen LogP contribution >= 0.6 is 0 Å². The van der Waals surface area contributed by atoms with Gasteiger partial charge in [-0.15, -0.1) is 0 Å². The molecule has 1 heterocycles. The van der Waals surface area contributed by atoms with Crippen molar-refractivity contribution >= 4 is 8.07 Å². The fourth-order valence-electron chi connectivity index (χ4n) is 0.946. The van der Waals surface area contributed by atoms with Crippen LogP contribution in [0.4, 0.5) is 0 Å². The third-order valence-corrected chi connectivity index (χ3v) is 5.05. The van der Waals surface area contributed by atoms with Crippen LogP contribution in [0, 0.1) is 6.92 Å². The van der Waals surface area contributed by atoms with Crippen molar-refractivity contribution in [3.05, 3.63) is 31.2 Å². The maximum atomic E-state index is 10.2. The molecule has 0 spiro atoms. The van der Waals surface area contributed by atoms with Gasteiger partial charge in [0, 0.05) is 18.0 Å². The van der Waals surface area contributed by atoms with Crippen LogP contribution in [0.15, 0.2) is 18.7 Å². The highest BCUT2D eigenvalue weighted by atomic mass is 28.3. The Morgan fingerprint density at radius 1 is 1.31 bits per heavy atom. The van der Waals surface area contributed by atoms with E-state index in [-0.39, 0.29) is 0 Å². The highest BCUT2D eigenvalue weighted by Crippen LogP contribution is 2.29. The molecule has 4 heteroatoms. The van der Waals surface area contributed by atoms with Gasteiger partial charge in [0.1, 0.15) is 6.33 Å². The maximum Gasteiger partial charge on any atom is 0.115 e. The van der Waals surface area contributed by atoms with E-state index in [2.05, 4.69) is 36.5 Å². The van der Waals surface area contributed by atoms with E-state index < -0.39 is 13.3 Å². The lowest BCUT2D eigenvalue weighted by atomic mass is 10.2. The van der Waals surface area contributed by atoms with Crippen LogP contribution in [0.5, 0.6) is 0 Å². The van der Waals surface area contributed by atoms with Crippen molar-refractivity contribution in [3.8, 4) is 0 Å². The molecule has 1 atom stereocenters. The summed E-state index contributed by atoms with van der Waals surface area (Å²) in [5.74, 6) is 0. The standard InChI is InChI=1S/C9H15N2OSi/c1-9(12,13(2,3)4)8-5-10-7-11-6-8/h5-7,12H,1H2,2-4H3. The molecule has 1 N–H and O–H groups in total. The molecule has 1 radical (unpaired) electrons. The summed E-state index contributed by atoms with van der Waals surface area (Å²) in [5.41, 5.74) is 0.703. The largest absolute Gasteiger partial charge is 0.389 e. The van der Waals surface area contributed by atoms with Gasteiger partial charge in [0.2, 0.25) is 0 Å². The van der Waals surface area contributed by atoms with Crippen LogP contribution in [-0.2, 0) is 5.22 Å². The van der Waals surface area contributed by atoms with E-state index in [0.29, 0.717) is 5.56 Å². The molecule has 0 amide bonds. The molecule has 1 aromatic heterocycles. The lowest BCUT2D eigenvalue weighted by Crippen LogP contribution is -2.47. The Labute approximate surface area is 79.9 Å². The molecule has 0 fully saturated rings. The van der Waals surface area contributed by atoms with E-state index >= 15 is 0 Å². The molecular formula is C9H15N2OSi. The highest BCUT2D eigenvalue weighted by molar-refractivity contribution is 6.78. The van der Waals surface area contributed by atoms with Gasteiger partial charge in [-0.2, -0.15) is 0 Å². The summed E-state index contributed by atoms with van der Waals surface area (Å²) in [5, 5.41) is 9.19. The maximum absolute atomic E-state index is 10.2. The summed E-state index contributed by atoms with van der Waals surface area (Å²) in [6, 6.07) is 0. The smallest absolute Gasteiger partial charge is 0.115 e. The molecule has 0 aliphatic rings. The second-order valence-corrected chi connectivity index (χ2v) is 9.56. The van der Waals surface area contributed by atoms with Crippen molar-refractivity contribution in [1.82, 2.24) is 9.97 Å². The van der Waals surface area contributed by atoms with E-state index in [0.717, 1.165) is 0 Å². The lowest BCUT2D eigenvalue weighted by Gasteiger charge is -2.35. The van der Waals surface area contributed by atoms with Crippen LogP contribution in [0.25, 0.3) is 0 Å². The number of rotatable bonds is 2. The third-order valence-electron chi connectivity index (χ3n) is 2.28. The number of hydrogen-bond acceptors (Lipinski definition) is 3. The van der Waals surface area contributed by atoms with Gasteiger partial charge in [0.15, 0.2) is 0 Å². The Kier molecular flexibility index (Phi) is 2.54. The molecule has 1 aromatic rings. The zero-order valence-electron chi connectivity index (χ0n) is 8.28. The van der Waals surface area contributed by atoms with E-state index in [9.17, 15) is 5.11 Å². The molecule has 0 aliphatic heterocycles. The number of aromatic nitrogens is 2. The quantitative estimate of drug-likeness (QED) is 0.725. The summed E-state index contributed by atoms with van der Waals surface area (Å²) in [6.45, 7) is 10.0. The second kappa shape index (κ2) is 3.19. The zero-order valence-corrected chi connectivity index (χ0v) is 9.28. The topological polar surface area (TPSA) is 46.0 Å². The summed E-state index contributed by atoms with van der Waals surface area (Å²) >= 11 is 0. The molecule has 1 unspecified atom stereocenters. The highest BCUT2D eigenvalue weighted by Gasteiger charge is 2.39. The summed E-state index contributed by atoms with van der Waals surface area (Å²) in [7, 11) is -1.76. The predicted octanol–water partition coefficient (Wildman–Crippen LogP) is 1.38. The molecule has 0 aliphatic carbocycles. The van der Waals surface area contributed by atoms with Gasteiger partial charge in [-0.3, -0.25) is 0 Å². The van der Waals surface area contributed by atoms with Crippen molar-refractivity contribution in [2.24, 2.45) is 0 Å². The van der Waals surface area contributed by atoms with Gasteiger partial charge in [0.05, 0.1) is 13.3 Å². The van der Waals surface area contributed by atoms with Gasteiger partial charge in [0.25, 0.3) is 0 Å². The number of nitrogens with zero attached hydrogens (tertiary/aromatic N) is 2. The fourth-order valence-corrected chi connectivity index (χ4v) is 1.94. The molecule has 13 heavy (non-hydrogen) atoms. The van der Waals surface area contributed by atoms with Crippen LogP contribution in [0.3, 0.4) is 0 Å². The monoisotopic (exact) mass is 195 g/mol. The van der Waals surface area contributed by atoms with Gasteiger partial charge in [-0.05, 0) is 6.92 Å². The molecule has 0 saturated heterocycles. The molecule has 0 aromatic carbocycles. The second-order valence-electron chi connectivity index (χ2n) is 4.24. The minimum absolute atomic E-state index is 0.703. The first-order valence-corrected chi connectivity index (χ1v) is 7.69. The van der Waals surface area contributed by atoms with Crippen molar-refractivity contribution in [1.29, 1.82) is 0 Å². The van der Waals surface area contributed by atoms with E-state index in [1.807, 2.05) is 0 Å². The summed E-state index contributed by atoms with van der Waals surface area (Å²) in [6.07, 6.45) is 4.69. The normalized spacial score (nSPS) is 16.7. The molecule has 0 saturated carbocycles. The lowest BCUT2D eigenvalue weighted by molar-refractivity contribution is 0.163. The average Bonchev–Trinajstić information content (AvgIpc) is 2.04. The Hall–Kier alpha value is -0.743. The summed E-state index contributed by atoms with van der Waals surface area (Å²) < 4.78 is 0. The van der Waals surface area contributed by atoms with Crippen LogP contribution in [0.1, 0.15) is 5.56 Å². The predicted molar refractivity (Wildman–Crippen MR) is 54.6 cm³/mol. The van der Waals surface area contributed by atoms with Crippen molar-refractivity contribution < 1.29 is 5.11 Å². The Morgan fingerprint density at radius 3 is 2.15 bits per heavy atom. The van der Waals surface area contributed by atoms with E-state index in [4.69, 9.17) is 0 Å². The van der Waals surface area contributed by atoms with Gasteiger partial charge in [-0.25, -0.2) is 9.97 Å². The molecule has 3 nitrogen and oxygen atoms in total. The van der Waals surface area contributed by atoms with E-state index in [1.165, 1.54) is 6.33 Å². The van der Waals surface area contributed by atoms with Crippen LogP contribution in [0.2, 0.25) is 19.6 Å². The van der Waals surface area contributed by atoms with E-state index in [1.54, 1.807) is 12.4 Å². The van der Waals surface area contributed by atoms with Crippen LogP contribution < -0.4 is 0 Å². The SMILES string of the molecule is [CH2]C(O)(c1cncnc1)[Si](C)(C)C. The first-order valence-electron chi connectivity index (χ1n) is 4.19. The van der Waals surface area contributed by atoms with Gasteiger partial charge < -0.3 is 5.11 Å². The minimum atomic E-state index is -1.76.